The number of H-pyrrole nitrogens is 1. The highest BCUT2D eigenvalue weighted by atomic mass is 32.2. The minimum absolute atomic E-state index is 0.182. The Kier molecular flexibility index (Phi) is 4.72. The Morgan fingerprint density at radius 2 is 1.65 bits per heavy atom. The predicted molar refractivity (Wildman–Crippen MR) is 108 cm³/mol. The van der Waals surface area contributed by atoms with Crippen LogP contribution in [-0.2, 0) is 0 Å². The van der Waals surface area contributed by atoms with E-state index < -0.39 is 0 Å². The van der Waals surface area contributed by atoms with Gasteiger partial charge in [0, 0.05) is 17.1 Å². The van der Waals surface area contributed by atoms with Crippen molar-refractivity contribution in [3.8, 4) is 0 Å². The van der Waals surface area contributed by atoms with Crippen LogP contribution in [0.3, 0.4) is 0 Å². The number of fused-ring (bicyclic) bond motifs is 1. The van der Waals surface area contributed by atoms with Gasteiger partial charge >= 0.3 is 0 Å². The molecule has 1 aromatic heterocycles. The summed E-state index contributed by atoms with van der Waals surface area (Å²) in [6, 6.07) is 15.5. The molecule has 4 rings (SSSR count). The average Bonchev–Trinajstić information content (AvgIpc) is 2.68. The molecule has 0 saturated carbocycles. The van der Waals surface area contributed by atoms with Gasteiger partial charge in [0.1, 0.15) is 24.4 Å². The molecule has 26 heavy (non-hydrogen) atoms. The molecular weight excluding hydrogens is 345 g/mol. The molecule has 2 aromatic carbocycles. The summed E-state index contributed by atoms with van der Waals surface area (Å²) in [6.45, 7) is 5.93. The first-order chi connectivity index (χ1) is 12.7. The molecule has 0 spiro atoms. The van der Waals surface area contributed by atoms with E-state index in [2.05, 4.69) is 52.2 Å². The number of rotatable bonds is 3. The molecule has 134 valence electrons. The van der Waals surface area contributed by atoms with E-state index in [-0.39, 0.29) is 5.82 Å². The van der Waals surface area contributed by atoms with Crippen molar-refractivity contribution in [1.29, 1.82) is 0 Å². The Morgan fingerprint density at radius 3 is 2.35 bits per heavy atom. The molecule has 1 fully saturated rings. The van der Waals surface area contributed by atoms with E-state index >= 15 is 0 Å². The second-order valence-corrected chi connectivity index (χ2v) is 7.52. The van der Waals surface area contributed by atoms with E-state index in [1.165, 1.54) is 39.3 Å². The van der Waals surface area contributed by atoms with E-state index in [1.807, 2.05) is 12.1 Å². The number of benzene rings is 2. The first-order valence-corrected chi connectivity index (χ1v) is 10.1. The summed E-state index contributed by atoms with van der Waals surface area (Å²) in [4.78, 5) is 9.65. The number of aryl methyl sites for hydroxylation is 1. The van der Waals surface area contributed by atoms with Crippen LogP contribution in [0.25, 0.3) is 10.9 Å². The van der Waals surface area contributed by atoms with Crippen LogP contribution in [-0.4, -0.2) is 32.4 Å². The average molecular weight is 369 g/mol. The summed E-state index contributed by atoms with van der Waals surface area (Å²) < 4.78 is 13.1. The van der Waals surface area contributed by atoms with E-state index in [0.29, 0.717) is 0 Å². The zero-order chi connectivity index (χ0) is 18.1. The minimum Gasteiger partial charge on any atom is -0.364 e. The predicted octanol–water partition coefficient (Wildman–Crippen LogP) is 4.15. The number of aromatic amines is 1. The number of hydrogen-bond donors (Lipinski definition) is 0. The van der Waals surface area contributed by atoms with E-state index in [4.69, 9.17) is 0 Å². The minimum atomic E-state index is -0.182. The zero-order valence-electron chi connectivity index (χ0n) is 15.1. The van der Waals surface area contributed by atoms with Crippen molar-refractivity contribution in [3.05, 3.63) is 59.9 Å². The molecule has 0 aliphatic carbocycles. The maximum atomic E-state index is 13.1. The maximum Gasteiger partial charge on any atom is 0.275 e. The molecule has 1 aliphatic rings. The van der Waals surface area contributed by atoms with Gasteiger partial charge in [-0.05, 0) is 49.1 Å². The van der Waals surface area contributed by atoms with Crippen LogP contribution in [0.5, 0.6) is 0 Å². The summed E-state index contributed by atoms with van der Waals surface area (Å²) in [5, 5.41) is 1.28. The van der Waals surface area contributed by atoms with Gasteiger partial charge in [0.25, 0.3) is 5.82 Å². The van der Waals surface area contributed by atoms with Gasteiger partial charge < -0.3 is 4.90 Å². The number of nitrogens with one attached hydrogen (secondary N) is 1. The van der Waals surface area contributed by atoms with E-state index in [1.54, 1.807) is 11.8 Å². The first-order valence-electron chi connectivity index (χ1n) is 8.91. The summed E-state index contributed by atoms with van der Waals surface area (Å²) in [6.07, 6.45) is 2.12. The van der Waals surface area contributed by atoms with Crippen molar-refractivity contribution in [2.45, 2.75) is 11.8 Å². The SMILES string of the molecule is CSc1cccc2c(C)cc(N3CCN(c4ccc(F)cc4)CC3)[nH+]c12. The van der Waals surface area contributed by atoms with Gasteiger partial charge in [-0.2, -0.15) is 0 Å². The largest absolute Gasteiger partial charge is 0.364 e. The molecule has 2 heterocycles. The highest BCUT2D eigenvalue weighted by Crippen LogP contribution is 2.27. The molecule has 5 heteroatoms. The van der Waals surface area contributed by atoms with Crippen LogP contribution in [0.15, 0.2) is 53.4 Å². The van der Waals surface area contributed by atoms with Gasteiger partial charge in [-0.15, -0.1) is 11.8 Å². The quantitative estimate of drug-likeness (QED) is 0.648. The summed E-state index contributed by atoms with van der Waals surface area (Å²) in [5.74, 6) is 0.994. The van der Waals surface area contributed by atoms with Crippen molar-refractivity contribution in [1.82, 2.24) is 0 Å². The normalized spacial score (nSPS) is 14.9. The van der Waals surface area contributed by atoms with Crippen LogP contribution >= 0.6 is 11.8 Å². The molecule has 0 unspecified atom stereocenters. The molecular formula is C21H23FN3S+. The van der Waals surface area contributed by atoms with Gasteiger partial charge in [-0.1, -0.05) is 12.1 Å². The third-order valence-electron chi connectivity index (χ3n) is 5.09. The van der Waals surface area contributed by atoms with Crippen LogP contribution in [0, 0.1) is 12.7 Å². The number of anilines is 2. The standard InChI is InChI=1S/C21H22FN3S/c1-15-14-20(23-21-18(15)4-3-5-19(21)26-2)25-12-10-24(11-13-25)17-8-6-16(22)7-9-17/h3-9,14H,10-13H2,1-2H3/p+1. The van der Waals surface area contributed by atoms with Crippen LogP contribution in [0.1, 0.15) is 5.56 Å². The molecule has 1 aliphatic heterocycles. The number of halogens is 1. The van der Waals surface area contributed by atoms with E-state index in [0.717, 1.165) is 31.9 Å². The number of pyridine rings is 1. The molecule has 1 N–H and O–H groups in total. The summed E-state index contributed by atoms with van der Waals surface area (Å²) >= 11 is 1.77. The lowest BCUT2D eigenvalue weighted by Gasteiger charge is -2.32. The highest BCUT2D eigenvalue weighted by Gasteiger charge is 2.25. The summed E-state index contributed by atoms with van der Waals surface area (Å²) in [5.41, 5.74) is 3.61. The molecule has 0 amide bonds. The number of nitrogens with zero attached hydrogens (tertiary/aromatic N) is 2. The molecule has 0 atom stereocenters. The van der Waals surface area contributed by atoms with Crippen molar-refractivity contribution in [2.75, 3.05) is 42.2 Å². The second-order valence-electron chi connectivity index (χ2n) is 6.67. The number of aromatic nitrogens is 1. The van der Waals surface area contributed by atoms with Crippen molar-refractivity contribution in [3.63, 3.8) is 0 Å². The number of hydrogen-bond acceptors (Lipinski definition) is 3. The lowest BCUT2D eigenvalue weighted by atomic mass is 10.1. The maximum absolute atomic E-state index is 13.1. The fraction of sp³-hybridized carbons (Fsp3) is 0.286. The van der Waals surface area contributed by atoms with Gasteiger partial charge in [-0.25, -0.2) is 9.37 Å². The molecule has 0 radical (unpaired) electrons. The molecule has 1 saturated heterocycles. The van der Waals surface area contributed by atoms with Crippen LogP contribution in [0.2, 0.25) is 0 Å². The highest BCUT2D eigenvalue weighted by molar-refractivity contribution is 7.98. The second kappa shape index (κ2) is 7.16. The van der Waals surface area contributed by atoms with Gasteiger partial charge in [0.2, 0.25) is 0 Å². The number of para-hydroxylation sites is 1. The first kappa shape index (κ1) is 17.2. The van der Waals surface area contributed by atoms with Crippen molar-refractivity contribution in [2.24, 2.45) is 0 Å². The lowest BCUT2D eigenvalue weighted by Crippen LogP contribution is -2.48. The fourth-order valence-electron chi connectivity index (χ4n) is 3.63. The van der Waals surface area contributed by atoms with Gasteiger partial charge in [-0.3, -0.25) is 4.90 Å². The monoisotopic (exact) mass is 368 g/mol. The Hall–Kier alpha value is -2.27. The van der Waals surface area contributed by atoms with Gasteiger partial charge in [0.15, 0.2) is 0 Å². The lowest BCUT2D eigenvalue weighted by molar-refractivity contribution is -0.332. The third-order valence-corrected chi connectivity index (χ3v) is 5.87. The number of piperazine rings is 1. The number of thioether (sulfide) groups is 1. The fourth-order valence-corrected chi connectivity index (χ4v) is 4.21. The van der Waals surface area contributed by atoms with Crippen LogP contribution in [0.4, 0.5) is 15.9 Å². The topological polar surface area (TPSA) is 20.6 Å². The van der Waals surface area contributed by atoms with Crippen LogP contribution < -0.4 is 14.8 Å². The molecule has 3 aromatic rings. The summed E-state index contributed by atoms with van der Waals surface area (Å²) in [7, 11) is 0. The van der Waals surface area contributed by atoms with E-state index in [9.17, 15) is 4.39 Å². The van der Waals surface area contributed by atoms with Crippen molar-refractivity contribution < 1.29 is 9.37 Å². The zero-order valence-corrected chi connectivity index (χ0v) is 15.9. The Balaban J connectivity index is 1.56. The Bertz CT molecular complexity index is 918. The third kappa shape index (κ3) is 3.23. The molecule has 3 nitrogen and oxygen atoms in total. The van der Waals surface area contributed by atoms with Gasteiger partial charge in [0.05, 0.1) is 18.0 Å². The Labute approximate surface area is 157 Å². The molecule has 0 bridgehead atoms. The Morgan fingerprint density at radius 1 is 0.962 bits per heavy atom. The van der Waals surface area contributed by atoms with Crippen molar-refractivity contribution >= 4 is 34.2 Å². The smallest absolute Gasteiger partial charge is 0.275 e.